The van der Waals surface area contributed by atoms with Gasteiger partial charge in [-0.1, -0.05) is 20.8 Å². The summed E-state index contributed by atoms with van der Waals surface area (Å²) in [5.74, 6) is 1.18. The van der Waals surface area contributed by atoms with Gasteiger partial charge in [0.05, 0.1) is 29.5 Å². The number of nitrogens with one attached hydrogen (secondary N) is 1. The second-order valence-electron chi connectivity index (χ2n) is 5.38. The highest BCUT2D eigenvalue weighted by atomic mass is 79.9. The fourth-order valence-electron chi connectivity index (χ4n) is 2.06. The molecule has 0 radical (unpaired) electrons. The maximum Gasteiger partial charge on any atom is 0.0658 e. The van der Waals surface area contributed by atoms with Crippen LogP contribution in [0.2, 0.25) is 0 Å². The van der Waals surface area contributed by atoms with Crippen molar-refractivity contribution in [2.45, 2.75) is 39.7 Å². The molecule has 0 aromatic carbocycles. The van der Waals surface area contributed by atoms with E-state index in [1.54, 1.807) is 7.11 Å². The van der Waals surface area contributed by atoms with Crippen LogP contribution >= 0.6 is 15.9 Å². The van der Waals surface area contributed by atoms with Crippen molar-refractivity contribution in [3.8, 4) is 0 Å². The molecule has 0 aliphatic rings. The van der Waals surface area contributed by atoms with Crippen molar-refractivity contribution in [1.29, 1.82) is 0 Å². The summed E-state index contributed by atoms with van der Waals surface area (Å²) in [7, 11) is 1.72. The molecule has 5 heteroatoms. The first-order valence-electron chi connectivity index (χ1n) is 6.97. The van der Waals surface area contributed by atoms with Crippen molar-refractivity contribution in [1.82, 2.24) is 15.1 Å². The zero-order valence-corrected chi connectivity index (χ0v) is 14.0. The fraction of sp³-hybridized carbons (Fsp3) is 0.786. The summed E-state index contributed by atoms with van der Waals surface area (Å²) >= 11 is 3.60. The Balaban J connectivity index is 2.50. The molecule has 4 nitrogen and oxygen atoms in total. The summed E-state index contributed by atoms with van der Waals surface area (Å²) in [5, 5.41) is 7.89. The normalized spacial score (nSPS) is 13.2. The Labute approximate surface area is 125 Å². The molecule has 0 aliphatic carbocycles. The number of hydrogen-bond donors (Lipinski definition) is 1. The lowest BCUT2D eigenvalue weighted by Gasteiger charge is -2.16. The lowest BCUT2D eigenvalue weighted by atomic mass is 10.0. The molecule has 19 heavy (non-hydrogen) atoms. The van der Waals surface area contributed by atoms with Crippen LogP contribution in [-0.2, 0) is 11.3 Å². The number of hydrogen-bond acceptors (Lipinski definition) is 3. The van der Waals surface area contributed by atoms with Gasteiger partial charge in [0.15, 0.2) is 0 Å². The van der Waals surface area contributed by atoms with Gasteiger partial charge in [0.2, 0.25) is 0 Å². The Morgan fingerprint density at radius 1 is 1.42 bits per heavy atom. The van der Waals surface area contributed by atoms with Crippen LogP contribution in [0.15, 0.2) is 10.7 Å². The van der Waals surface area contributed by atoms with Gasteiger partial charge in [0, 0.05) is 13.0 Å². The molecule has 0 aliphatic heterocycles. The largest absolute Gasteiger partial charge is 0.383 e. The maximum absolute atomic E-state index is 5.13. The predicted octanol–water partition coefficient (Wildman–Crippen LogP) is 3.03. The number of rotatable bonds is 9. The van der Waals surface area contributed by atoms with Gasteiger partial charge in [-0.25, -0.2) is 0 Å². The Morgan fingerprint density at radius 2 is 2.16 bits per heavy atom. The number of ether oxygens (including phenoxy) is 1. The van der Waals surface area contributed by atoms with Gasteiger partial charge in [-0.2, -0.15) is 5.10 Å². The highest BCUT2D eigenvalue weighted by Gasteiger charge is 2.15. The lowest BCUT2D eigenvalue weighted by molar-refractivity contribution is 0.182. The minimum atomic E-state index is 0.480. The summed E-state index contributed by atoms with van der Waals surface area (Å²) < 4.78 is 8.27. The van der Waals surface area contributed by atoms with Gasteiger partial charge < -0.3 is 10.1 Å². The highest BCUT2D eigenvalue weighted by Crippen LogP contribution is 2.26. The predicted molar refractivity (Wildman–Crippen MR) is 82.5 cm³/mol. The van der Waals surface area contributed by atoms with E-state index in [1.165, 1.54) is 5.69 Å². The molecule has 0 fully saturated rings. The molecule has 1 rings (SSSR count). The number of nitrogens with zero attached hydrogens (tertiary/aromatic N) is 2. The second kappa shape index (κ2) is 8.72. The molecule has 0 spiro atoms. The fourth-order valence-corrected chi connectivity index (χ4v) is 2.75. The van der Waals surface area contributed by atoms with Crippen LogP contribution in [0, 0.1) is 5.92 Å². The van der Waals surface area contributed by atoms with Gasteiger partial charge in [-0.15, -0.1) is 0 Å². The summed E-state index contributed by atoms with van der Waals surface area (Å²) in [6, 6.07) is 0. The van der Waals surface area contributed by atoms with E-state index in [1.807, 2.05) is 10.9 Å². The molecule has 1 aromatic rings. The molecule has 1 aromatic heterocycles. The Hall–Kier alpha value is -0.390. The molecule has 0 amide bonds. The molecule has 1 N–H and O–H groups in total. The van der Waals surface area contributed by atoms with Crippen LogP contribution in [-0.4, -0.2) is 36.6 Å². The van der Waals surface area contributed by atoms with E-state index in [0.717, 1.165) is 30.5 Å². The van der Waals surface area contributed by atoms with Crippen molar-refractivity contribution in [3.05, 3.63) is 16.4 Å². The molecule has 0 saturated heterocycles. The van der Waals surface area contributed by atoms with Gasteiger partial charge >= 0.3 is 0 Å². The van der Waals surface area contributed by atoms with Crippen molar-refractivity contribution in [2.75, 3.05) is 26.8 Å². The zero-order valence-electron chi connectivity index (χ0n) is 12.4. The molecular formula is C14H26BrN3O. The Morgan fingerprint density at radius 3 is 2.79 bits per heavy atom. The van der Waals surface area contributed by atoms with E-state index < -0.39 is 0 Å². The minimum Gasteiger partial charge on any atom is -0.383 e. The van der Waals surface area contributed by atoms with E-state index >= 15 is 0 Å². The van der Waals surface area contributed by atoms with Crippen molar-refractivity contribution >= 4 is 15.9 Å². The van der Waals surface area contributed by atoms with Crippen molar-refractivity contribution in [2.24, 2.45) is 5.92 Å². The maximum atomic E-state index is 5.13. The molecule has 1 heterocycles. The monoisotopic (exact) mass is 331 g/mol. The number of halogens is 1. The Kier molecular flexibility index (Phi) is 7.64. The average molecular weight is 332 g/mol. The molecule has 1 atom stereocenters. The van der Waals surface area contributed by atoms with Crippen LogP contribution in [0.3, 0.4) is 0 Å². The third-order valence-electron chi connectivity index (χ3n) is 3.11. The lowest BCUT2D eigenvalue weighted by Crippen LogP contribution is -2.22. The summed E-state index contributed by atoms with van der Waals surface area (Å²) in [4.78, 5) is 0. The van der Waals surface area contributed by atoms with E-state index in [9.17, 15) is 0 Å². The number of methoxy groups -OCH3 is 1. The zero-order chi connectivity index (χ0) is 14.3. The third-order valence-corrected chi connectivity index (χ3v) is 3.72. The van der Waals surface area contributed by atoms with Crippen molar-refractivity contribution in [3.63, 3.8) is 0 Å². The first-order valence-corrected chi connectivity index (χ1v) is 7.76. The quantitative estimate of drug-likeness (QED) is 0.707. The summed E-state index contributed by atoms with van der Waals surface area (Å²) in [6.45, 7) is 10.3. The third kappa shape index (κ3) is 5.63. The van der Waals surface area contributed by atoms with E-state index in [0.29, 0.717) is 18.4 Å². The van der Waals surface area contributed by atoms with Crippen LogP contribution in [0.25, 0.3) is 0 Å². The molecule has 0 bridgehead atoms. The SMILES string of the molecule is COCCn1ncc(Br)c1C(C)CCNCC(C)C. The first kappa shape index (κ1) is 16.7. The Bertz CT molecular complexity index is 366. The van der Waals surface area contributed by atoms with Gasteiger partial charge in [0.1, 0.15) is 0 Å². The second-order valence-corrected chi connectivity index (χ2v) is 6.24. The first-order chi connectivity index (χ1) is 9.06. The average Bonchev–Trinajstić information content (AvgIpc) is 2.73. The highest BCUT2D eigenvalue weighted by molar-refractivity contribution is 9.10. The number of aromatic nitrogens is 2. The topological polar surface area (TPSA) is 39.1 Å². The van der Waals surface area contributed by atoms with Gasteiger partial charge in [-0.05, 0) is 41.4 Å². The minimum absolute atomic E-state index is 0.480. The standard InChI is InChI=1S/C14H26BrN3O/c1-11(2)9-16-6-5-12(3)14-13(15)10-17-18(14)7-8-19-4/h10-12,16H,5-9H2,1-4H3. The summed E-state index contributed by atoms with van der Waals surface area (Å²) in [5.41, 5.74) is 1.27. The van der Waals surface area contributed by atoms with Crippen LogP contribution in [0.5, 0.6) is 0 Å². The smallest absolute Gasteiger partial charge is 0.0658 e. The van der Waals surface area contributed by atoms with Crippen LogP contribution < -0.4 is 5.32 Å². The van der Waals surface area contributed by atoms with E-state index in [4.69, 9.17) is 4.74 Å². The van der Waals surface area contributed by atoms with Crippen LogP contribution in [0.1, 0.15) is 38.8 Å². The van der Waals surface area contributed by atoms with E-state index in [-0.39, 0.29) is 0 Å². The van der Waals surface area contributed by atoms with Crippen molar-refractivity contribution < 1.29 is 4.74 Å². The van der Waals surface area contributed by atoms with E-state index in [2.05, 4.69) is 47.1 Å². The van der Waals surface area contributed by atoms with Crippen LogP contribution in [0.4, 0.5) is 0 Å². The summed E-state index contributed by atoms with van der Waals surface area (Å²) in [6.07, 6.45) is 2.99. The molecular weight excluding hydrogens is 306 g/mol. The van der Waals surface area contributed by atoms with Gasteiger partial charge in [-0.3, -0.25) is 4.68 Å². The van der Waals surface area contributed by atoms with Gasteiger partial charge in [0.25, 0.3) is 0 Å². The molecule has 110 valence electrons. The molecule has 0 saturated carbocycles. The molecule has 1 unspecified atom stereocenters.